The molecule has 0 bridgehead atoms. The molecule has 0 saturated carbocycles. The molecule has 0 aliphatic heterocycles. The van der Waals surface area contributed by atoms with E-state index in [2.05, 4.69) is 72.6 Å². The predicted octanol–water partition coefficient (Wildman–Crippen LogP) is 3.58. The molecule has 1 unspecified atom stereocenters. The quantitative estimate of drug-likeness (QED) is 0.622. The van der Waals surface area contributed by atoms with Crippen molar-refractivity contribution >= 4 is 17.3 Å². The van der Waals surface area contributed by atoms with E-state index in [0.717, 1.165) is 31.2 Å². The number of aliphatic imine (C=N–C) groups is 1. The second-order valence-electron chi connectivity index (χ2n) is 6.19. The molecule has 0 radical (unpaired) electrons. The Labute approximate surface area is 149 Å². The van der Waals surface area contributed by atoms with E-state index in [-0.39, 0.29) is 0 Å². The van der Waals surface area contributed by atoms with Gasteiger partial charge < -0.3 is 10.6 Å². The summed E-state index contributed by atoms with van der Waals surface area (Å²) in [7, 11) is 1.81. The van der Waals surface area contributed by atoms with Gasteiger partial charge in [0, 0.05) is 31.4 Å². The topological polar surface area (TPSA) is 49.3 Å². The molecule has 2 rings (SSSR count). The molecule has 0 spiro atoms. The molecule has 4 nitrogen and oxygen atoms in total. The van der Waals surface area contributed by atoms with Crippen molar-refractivity contribution in [1.82, 2.24) is 15.6 Å². The molecule has 1 heterocycles. The van der Waals surface area contributed by atoms with Crippen molar-refractivity contribution in [3.63, 3.8) is 0 Å². The predicted molar refractivity (Wildman–Crippen MR) is 104 cm³/mol. The number of aryl methyl sites for hydroxylation is 3. The Morgan fingerprint density at radius 1 is 1.25 bits per heavy atom. The van der Waals surface area contributed by atoms with Gasteiger partial charge in [-0.05, 0) is 32.3 Å². The van der Waals surface area contributed by atoms with E-state index in [1.807, 2.05) is 7.05 Å². The first-order valence-corrected chi connectivity index (χ1v) is 9.25. The summed E-state index contributed by atoms with van der Waals surface area (Å²) in [5, 5.41) is 7.96. The molecule has 1 aromatic carbocycles. The molecular weight excluding hydrogens is 316 g/mol. The van der Waals surface area contributed by atoms with Gasteiger partial charge in [0.2, 0.25) is 0 Å². The van der Waals surface area contributed by atoms with Gasteiger partial charge in [-0.15, -0.1) is 11.3 Å². The Bertz CT molecular complexity index is 671. The Morgan fingerprint density at radius 3 is 2.67 bits per heavy atom. The Morgan fingerprint density at radius 2 is 2.04 bits per heavy atom. The number of benzene rings is 1. The average molecular weight is 345 g/mol. The van der Waals surface area contributed by atoms with Crippen LogP contribution in [0.4, 0.5) is 0 Å². The SMILES string of the molecule is CN=C(NCCc1nc(C)c(C)s1)NCC(C)c1cccc(C)c1. The van der Waals surface area contributed by atoms with Crippen LogP contribution in [0.2, 0.25) is 0 Å². The third-order valence-corrected chi connectivity index (χ3v) is 5.25. The van der Waals surface area contributed by atoms with Gasteiger partial charge in [-0.2, -0.15) is 0 Å². The van der Waals surface area contributed by atoms with Crippen LogP contribution >= 0.6 is 11.3 Å². The fraction of sp³-hybridized carbons (Fsp3) is 0.474. The normalized spacial score (nSPS) is 13.0. The fourth-order valence-electron chi connectivity index (χ4n) is 2.50. The van der Waals surface area contributed by atoms with E-state index in [9.17, 15) is 0 Å². The molecule has 1 aromatic heterocycles. The zero-order chi connectivity index (χ0) is 17.5. The van der Waals surface area contributed by atoms with Gasteiger partial charge in [-0.25, -0.2) is 4.98 Å². The highest BCUT2D eigenvalue weighted by Gasteiger charge is 2.07. The molecule has 0 saturated heterocycles. The summed E-state index contributed by atoms with van der Waals surface area (Å²) < 4.78 is 0. The molecule has 2 N–H and O–H groups in total. The summed E-state index contributed by atoms with van der Waals surface area (Å²) in [5.41, 5.74) is 3.80. The lowest BCUT2D eigenvalue weighted by Crippen LogP contribution is -2.39. The van der Waals surface area contributed by atoms with Crippen LogP contribution < -0.4 is 10.6 Å². The summed E-state index contributed by atoms with van der Waals surface area (Å²) in [6.45, 7) is 10.2. The minimum absolute atomic E-state index is 0.438. The number of aromatic nitrogens is 1. The van der Waals surface area contributed by atoms with Crippen LogP contribution in [0.25, 0.3) is 0 Å². The minimum atomic E-state index is 0.438. The maximum atomic E-state index is 4.57. The number of hydrogen-bond donors (Lipinski definition) is 2. The van der Waals surface area contributed by atoms with Gasteiger partial charge in [0.05, 0.1) is 10.7 Å². The van der Waals surface area contributed by atoms with Gasteiger partial charge in [0.15, 0.2) is 5.96 Å². The maximum absolute atomic E-state index is 4.57. The highest BCUT2D eigenvalue weighted by molar-refractivity contribution is 7.11. The van der Waals surface area contributed by atoms with E-state index < -0.39 is 0 Å². The average Bonchev–Trinajstić information content (AvgIpc) is 2.88. The van der Waals surface area contributed by atoms with E-state index in [1.165, 1.54) is 21.0 Å². The maximum Gasteiger partial charge on any atom is 0.191 e. The molecule has 1 atom stereocenters. The zero-order valence-corrected chi connectivity index (χ0v) is 16.1. The molecule has 0 aliphatic rings. The van der Waals surface area contributed by atoms with Gasteiger partial charge >= 0.3 is 0 Å². The molecular formula is C19H28N4S. The second-order valence-corrected chi connectivity index (χ2v) is 7.48. The third kappa shape index (κ3) is 5.34. The lowest BCUT2D eigenvalue weighted by molar-refractivity contribution is 0.697. The first-order valence-electron chi connectivity index (χ1n) is 8.43. The first kappa shape index (κ1) is 18.5. The van der Waals surface area contributed by atoms with E-state index >= 15 is 0 Å². The van der Waals surface area contributed by atoms with Gasteiger partial charge in [-0.1, -0.05) is 36.8 Å². The van der Waals surface area contributed by atoms with Crippen molar-refractivity contribution in [3.8, 4) is 0 Å². The summed E-state index contributed by atoms with van der Waals surface area (Å²) >= 11 is 1.78. The number of thiazole rings is 1. The van der Waals surface area contributed by atoms with E-state index in [1.54, 1.807) is 11.3 Å². The number of guanidine groups is 1. The third-order valence-electron chi connectivity index (χ3n) is 4.11. The van der Waals surface area contributed by atoms with Crippen LogP contribution in [0.3, 0.4) is 0 Å². The molecule has 2 aromatic rings. The van der Waals surface area contributed by atoms with Crippen molar-refractivity contribution in [2.75, 3.05) is 20.1 Å². The minimum Gasteiger partial charge on any atom is -0.356 e. The van der Waals surface area contributed by atoms with Crippen LogP contribution in [0, 0.1) is 20.8 Å². The lowest BCUT2D eigenvalue weighted by Gasteiger charge is -2.16. The molecule has 130 valence electrons. The fourth-order valence-corrected chi connectivity index (χ4v) is 3.43. The molecule has 0 aliphatic carbocycles. The Kier molecular flexibility index (Phi) is 6.79. The summed E-state index contributed by atoms with van der Waals surface area (Å²) in [4.78, 5) is 10.2. The standard InChI is InChI=1S/C19H28N4S/c1-13-7-6-8-17(11-13)14(2)12-22-19(20-5)21-10-9-18-23-15(3)16(4)24-18/h6-8,11,14H,9-10,12H2,1-5H3,(H2,20,21,22). The summed E-state index contributed by atoms with van der Waals surface area (Å²) in [6.07, 6.45) is 0.924. The Hall–Kier alpha value is -1.88. The van der Waals surface area contributed by atoms with Crippen molar-refractivity contribution in [2.24, 2.45) is 4.99 Å². The zero-order valence-electron chi connectivity index (χ0n) is 15.3. The molecule has 0 fully saturated rings. The van der Waals surface area contributed by atoms with Gasteiger partial charge in [0.25, 0.3) is 0 Å². The lowest BCUT2D eigenvalue weighted by atomic mass is 9.99. The van der Waals surface area contributed by atoms with Crippen molar-refractivity contribution in [2.45, 2.75) is 40.0 Å². The van der Waals surface area contributed by atoms with Crippen LogP contribution in [0.1, 0.15) is 39.5 Å². The van der Waals surface area contributed by atoms with Crippen molar-refractivity contribution in [1.29, 1.82) is 0 Å². The monoisotopic (exact) mass is 344 g/mol. The number of nitrogens with one attached hydrogen (secondary N) is 2. The van der Waals surface area contributed by atoms with Gasteiger partial charge in [0.1, 0.15) is 0 Å². The van der Waals surface area contributed by atoms with Crippen molar-refractivity contribution in [3.05, 3.63) is 51.0 Å². The van der Waals surface area contributed by atoms with E-state index in [4.69, 9.17) is 0 Å². The van der Waals surface area contributed by atoms with Gasteiger partial charge in [-0.3, -0.25) is 4.99 Å². The summed E-state index contributed by atoms with van der Waals surface area (Å²) in [5.74, 6) is 1.28. The van der Waals surface area contributed by atoms with Crippen molar-refractivity contribution < 1.29 is 0 Å². The first-order chi connectivity index (χ1) is 11.5. The number of rotatable bonds is 6. The smallest absolute Gasteiger partial charge is 0.191 e. The van der Waals surface area contributed by atoms with Crippen LogP contribution in [0.15, 0.2) is 29.3 Å². The second kappa shape index (κ2) is 8.83. The molecule has 0 amide bonds. The molecule has 24 heavy (non-hydrogen) atoms. The van der Waals surface area contributed by atoms with Crippen LogP contribution in [-0.2, 0) is 6.42 Å². The Balaban J connectivity index is 1.78. The highest BCUT2D eigenvalue weighted by atomic mass is 32.1. The van der Waals surface area contributed by atoms with Crippen LogP contribution in [-0.4, -0.2) is 31.1 Å². The largest absolute Gasteiger partial charge is 0.356 e. The summed E-state index contributed by atoms with van der Waals surface area (Å²) in [6, 6.07) is 8.68. The van der Waals surface area contributed by atoms with E-state index in [0.29, 0.717) is 5.92 Å². The molecule has 5 heteroatoms. The van der Waals surface area contributed by atoms with Crippen LogP contribution in [0.5, 0.6) is 0 Å². The highest BCUT2D eigenvalue weighted by Crippen LogP contribution is 2.16. The number of nitrogens with zero attached hydrogens (tertiary/aromatic N) is 2. The number of hydrogen-bond acceptors (Lipinski definition) is 3.